The summed E-state index contributed by atoms with van der Waals surface area (Å²) < 4.78 is 17.5. The van der Waals surface area contributed by atoms with Gasteiger partial charge in [0.15, 0.2) is 12.6 Å². The molecule has 0 radical (unpaired) electrons. The summed E-state index contributed by atoms with van der Waals surface area (Å²) in [4.78, 5) is 24.9. The lowest BCUT2D eigenvalue weighted by Crippen LogP contribution is -2.34. The summed E-state index contributed by atoms with van der Waals surface area (Å²) >= 11 is 5.52. The van der Waals surface area contributed by atoms with E-state index in [1.165, 1.54) is 14.0 Å². The van der Waals surface area contributed by atoms with Crippen LogP contribution in [0, 0.1) is 14.9 Å². The Kier molecular flexibility index (Phi) is 8.61. The van der Waals surface area contributed by atoms with Gasteiger partial charge in [-0.1, -0.05) is 15.9 Å². The molecule has 0 saturated carbocycles. The molecule has 1 atom stereocenters. The number of hydrogen-bond donors (Lipinski definition) is 0. The number of hydrogen-bond acceptors (Lipinski definition) is 6. The fraction of sp³-hybridized carbons (Fsp3) is 0.286. The molecule has 0 spiro atoms. The zero-order valence-electron chi connectivity index (χ0n) is 15.9. The smallest absolute Gasteiger partial charge is 0.311 e. The average Bonchev–Trinajstić information content (AvgIpc) is 2.69. The van der Waals surface area contributed by atoms with Gasteiger partial charge in [-0.2, -0.15) is 5.26 Å². The number of Topliss-reactive ketones (excluding diaryl/α,β-unsaturated/α-hetero) is 1. The molecular weight excluding hydrogens is 553 g/mol. The lowest BCUT2D eigenvalue weighted by molar-refractivity contribution is -0.134. The van der Waals surface area contributed by atoms with Gasteiger partial charge in [0.2, 0.25) is 0 Å². The van der Waals surface area contributed by atoms with Crippen LogP contribution in [-0.4, -0.2) is 25.7 Å². The average molecular weight is 572 g/mol. The van der Waals surface area contributed by atoms with Crippen LogP contribution in [0.1, 0.15) is 25.3 Å². The Morgan fingerprint density at radius 2 is 1.90 bits per heavy atom. The van der Waals surface area contributed by atoms with Gasteiger partial charge in [0, 0.05) is 27.1 Å². The monoisotopic (exact) mass is 571 g/mol. The highest BCUT2D eigenvalue weighted by molar-refractivity contribution is 14.1. The number of ether oxygens (including phenoxy) is 3. The number of nitriles is 1. The zero-order chi connectivity index (χ0) is 21.4. The van der Waals surface area contributed by atoms with Gasteiger partial charge in [-0.05, 0) is 78.4 Å². The van der Waals surface area contributed by atoms with Gasteiger partial charge in [0.05, 0.1) is 6.07 Å². The molecule has 0 bridgehead atoms. The molecule has 152 valence electrons. The quantitative estimate of drug-likeness (QED) is 0.186. The van der Waals surface area contributed by atoms with Crippen molar-refractivity contribution in [3.05, 3.63) is 56.1 Å². The second-order valence-corrected chi connectivity index (χ2v) is 8.35. The minimum atomic E-state index is -1.56. The molecule has 2 aromatic rings. The summed E-state index contributed by atoms with van der Waals surface area (Å²) in [6.07, 6.45) is -0.156. The molecule has 0 heterocycles. The van der Waals surface area contributed by atoms with Gasteiger partial charge in [-0.25, -0.2) is 0 Å². The maximum atomic E-state index is 12.6. The van der Waals surface area contributed by atoms with Crippen molar-refractivity contribution in [3.8, 4) is 17.6 Å². The van der Waals surface area contributed by atoms with E-state index in [0.717, 1.165) is 3.57 Å². The van der Waals surface area contributed by atoms with Gasteiger partial charge in [-0.3, -0.25) is 9.59 Å². The molecule has 6 nitrogen and oxygen atoms in total. The fourth-order valence-electron chi connectivity index (χ4n) is 2.75. The van der Waals surface area contributed by atoms with Crippen LogP contribution in [0.3, 0.4) is 0 Å². The van der Waals surface area contributed by atoms with Crippen molar-refractivity contribution in [1.29, 1.82) is 5.26 Å². The second kappa shape index (κ2) is 10.7. The predicted molar refractivity (Wildman–Crippen MR) is 119 cm³/mol. The van der Waals surface area contributed by atoms with Crippen LogP contribution in [-0.2, 0) is 19.7 Å². The molecule has 0 amide bonds. The third-order valence-corrected chi connectivity index (χ3v) is 5.49. The van der Waals surface area contributed by atoms with Crippen LogP contribution in [0.25, 0.3) is 0 Å². The number of benzene rings is 2. The molecule has 0 aliphatic rings. The van der Waals surface area contributed by atoms with E-state index in [0.29, 0.717) is 21.5 Å². The number of nitrogens with zero attached hydrogens (tertiary/aromatic N) is 1. The number of methoxy groups -OCH3 is 1. The van der Waals surface area contributed by atoms with E-state index < -0.39 is 11.4 Å². The number of halogens is 2. The standard InChI is InChI=1S/C21H19BrINO5/c1-14(25)21(12-24,18-11-15(22)3-8-19(18)28-13-27-2)10-9-20(26)29-17-6-4-16(23)5-7-17/h3-8,11H,9-10,13H2,1-2H3. The summed E-state index contributed by atoms with van der Waals surface area (Å²) in [7, 11) is 1.47. The highest BCUT2D eigenvalue weighted by Gasteiger charge is 2.41. The molecule has 0 saturated heterocycles. The van der Waals surface area contributed by atoms with Crippen LogP contribution in [0.4, 0.5) is 0 Å². The minimum absolute atomic E-state index is 0.0388. The first-order chi connectivity index (χ1) is 13.8. The predicted octanol–water partition coefficient (Wildman–Crippen LogP) is 4.77. The van der Waals surface area contributed by atoms with Gasteiger partial charge in [-0.15, -0.1) is 0 Å². The molecule has 2 aromatic carbocycles. The molecule has 0 aliphatic heterocycles. The highest BCUT2D eigenvalue weighted by atomic mass is 127. The van der Waals surface area contributed by atoms with Crippen molar-refractivity contribution in [2.45, 2.75) is 25.2 Å². The van der Waals surface area contributed by atoms with Crippen molar-refractivity contribution in [2.24, 2.45) is 0 Å². The number of carbonyl (C=O) groups excluding carboxylic acids is 2. The fourth-order valence-corrected chi connectivity index (χ4v) is 3.47. The largest absolute Gasteiger partial charge is 0.467 e. The summed E-state index contributed by atoms with van der Waals surface area (Å²) in [5.74, 6) is -0.158. The SMILES string of the molecule is COCOc1ccc(Br)cc1C(C#N)(CCC(=O)Oc1ccc(I)cc1)C(C)=O. The first kappa shape index (κ1) is 23.3. The molecule has 0 aromatic heterocycles. The van der Waals surface area contributed by atoms with Gasteiger partial charge in [0.1, 0.15) is 16.9 Å². The minimum Gasteiger partial charge on any atom is -0.467 e. The third kappa shape index (κ3) is 6.01. The maximum absolute atomic E-state index is 12.6. The van der Waals surface area contributed by atoms with E-state index >= 15 is 0 Å². The van der Waals surface area contributed by atoms with Crippen molar-refractivity contribution in [1.82, 2.24) is 0 Å². The molecule has 2 rings (SSSR count). The van der Waals surface area contributed by atoms with Gasteiger partial charge in [0.25, 0.3) is 0 Å². The first-order valence-corrected chi connectivity index (χ1v) is 10.5. The zero-order valence-corrected chi connectivity index (χ0v) is 19.7. The van der Waals surface area contributed by atoms with E-state index in [1.807, 2.05) is 12.1 Å². The molecule has 1 unspecified atom stereocenters. The van der Waals surface area contributed by atoms with Crippen LogP contribution in [0.2, 0.25) is 0 Å². The summed E-state index contributed by atoms with van der Waals surface area (Å²) in [5, 5.41) is 9.95. The van der Waals surface area contributed by atoms with Gasteiger partial charge >= 0.3 is 5.97 Å². The number of rotatable bonds is 9. The molecule has 0 aliphatic carbocycles. The van der Waals surface area contributed by atoms with E-state index in [-0.39, 0.29) is 25.4 Å². The molecule has 29 heavy (non-hydrogen) atoms. The Hall–Kier alpha value is -1.96. The molecular formula is C21H19BrINO5. The Morgan fingerprint density at radius 3 is 2.48 bits per heavy atom. The second-order valence-electron chi connectivity index (χ2n) is 6.19. The highest BCUT2D eigenvalue weighted by Crippen LogP contribution is 2.38. The normalized spacial score (nSPS) is 12.5. The van der Waals surface area contributed by atoms with Crippen LogP contribution >= 0.6 is 38.5 Å². The third-order valence-electron chi connectivity index (χ3n) is 4.27. The van der Waals surface area contributed by atoms with Crippen LogP contribution in [0.5, 0.6) is 11.5 Å². The Balaban J connectivity index is 2.28. The first-order valence-electron chi connectivity index (χ1n) is 8.62. The Morgan fingerprint density at radius 1 is 1.21 bits per heavy atom. The van der Waals surface area contributed by atoms with Crippen molar-refractivity contribution >= 4 is 50.3 Å². The van der Waals surface area contributed by atoms with Crippen LogP contribution in [0.15, 0.2) is 46.9 Å². The Labute approximate surface area is 191 Å². The molecule has 8 heteroatoms. The summed E-state index contributed by atoms with van der Waals surface area (Å²) in [6.45, 7) is 1.29. The number of esters is 1. The topological polar surface area (TPSA) is 85.6 Å². The van der Waals surface area contributed by atoms with Gasteiger partial charge < -0.3 is 14.2 Å². The maximum Gasteiger partial charge on any atom is 0.311 e. The summed E-state index contributed by atoms with van der Waals surface area (Å²) in [5.41, 5.74) is -1.18. The van der Waals surface area contributed by atoms with E-state index in [4.69, 9.17) is 14.2 Å². The number of ketones is 1. The van der Waals surface area contributed by atoms with E-state index in [9.17, 15) is 14.9 Å². The van der Waals surface area contributed by atoms with Crippen molar-refractivity contribution in [3.63, 3.8) is 0 Å². The van der Waals surface area contributed by atoms with E-state index in [1.54, 1.807) is 30.3 Å². The summed E-state index contributed by atoms with van der Waals surface area (Å²) in [6, 6.07) is 14.2. The van der Waals surface area contributed by atoms with Crippen molar-refractivity contribution in [2.75, 3.05) is 13.9 Å². The van der Waals surface area contributed by atoms with E-state index in [2.05, 4.69) is 44.6 Å². The van der Waals surface area contributed by atoms with Crippen LogP contribution < -0.4 is 9.47 Å². The lowest BCUT2D eigenvalue weighted by Gasteiger charge is -2.26. The number of carbonyl (C=O) groups is 2. The lowest BCUT2D eigenvalue weighted by atomic mass is 9.74. The molecule has 0 N–H and O–H groups in total. The Bertz CT molecular complexity index is 926. The molecule has 0 fully saturated rings. The van der Waals surface area contributed by atoms with Crippen molar-refractivity contribution < 1.29 is 23.8 Å².